The number of fused-ring (bicyclic) bond motifs is 1. The van der Waals surface area contributed by atoms with Gasteiger partial charge in [-0.2, -0.15) is 0 Å². The molecule has 4 N–H and O–H groups in total. The van der Waals surface area contributed by atoms with Crippen molar-refractivity contribution < 1.29 is 42.3 Å². The molecule has 15 heteroatoms. The molecule has 0 aliphatic carbocycles. The Bertz CT molecular complexity index is 1940. The second kappa shape index (κ2) is 19.2. The van der Waals surface area contributed by atoms with Crippen molar-refractivity contribution in [2.45, 2.75) is 82.2 Å². The molecule has 0 saturated carbocycles. The van der Waals surface area contributed by atoms with Crippen molar-refractivity contribution in [3.63, 3.8) is 0 Å². The van der Waals surface area contributed by atoms with E-state index in [0.29, 0.717) is 49.1 Å². The van der Waals surface area contributed by atoms with Gasteiger partial charge in [0.1, 0.15) is 36.1 Å². The van der Waals surface area contributed by atoms with Gasteiger partial charge in [0, 0.05) is 25.9 Å². The lowest BCUT2D eigenvalue weighted by molar-refractivity contribution is -0.140. The number of nitrogens with one attached hydrogen (secondary N) is 2. The topological polar surface area (TPSA) is 186 Å². The van der Waals surface area contributed by atoms with Crippen molar-refractivity contribution in [3.05, 3.63) is 102 Å². The molecule has 0 radical (unpaired) electrons. The SMILES string of the molecule is NCCCC[C@H](NC(=O)[C@@H]1C[C@@H](OC(=O)N2CCCCC2)CN1C(=O)[C@@H](Cc1ccc(F)cc1)NC(=O)OCc1ccccc1)C(=O)c1nc2ccccc2o1. The fourth-order valence-electron chi connectivity index (χ4n) is 6.99. The molecule has 3 heterocycles. The van der Waals surface area contributed by atoms with E-state index in [9.17, 15) is 28.4 Å². The molecule has 4 aromatic rings. The average molecular weight is 771 g/mol. The maximum absolute atomic E-state index is 14.6. The van der Waals surface area contributed by atoms with E-state index in [1.165, 1.54) is 29.2 Å². The van der Waals surface area contributed by atoms with E-state index < -0.39 is 59.8 Å². The zero-order chi connectivity index (χ0) is 39.4. The number of Topliss-reactive ketones (excluding diaryl/α,β-unsaturated/α-hetero) is 1. The number of ether oxygens (including phenoxy) is 2. The van der Waals surface area contributed by atoms with Crippen LogP contribution in [-0.4, -0.2) is 95.0 Å². The highest BCUT2D eigenvalue weighted by Gasteiger charge is 2.45. The Hall–Kier alpha value is -5.83. The summed E-state index contributed by atoms with van der Waals surface area (Å²) in [6.45, 7) is 1.23. The first-order valence-corrected chi connectivity index (χ1v) is 19.1. The number of oxazole rings is 1. The van der Waals surface area contributed by atoms with E-state index >= 15 is 0 Å². The third-order valence-corrected chi connectivity index (χ3v) is 9.97. The number of benzene rings is 3. The number of amides is 4. The largest absolute Gasteiger partial charge is 0.445 e. The summed E-state index contributed by atoms with van der Waals surface area (Å²) in [5.74, 6) is -2.52. The van der Waals surface area contributed by atoms with Crippen molar-refractivity contribution in [1.29, 1.82) is 0 Å². The molecule has 3 aromatic carbocycles. The number of likely N-dealkylation sites (tertiary alicyclic amines) is 2. The van der Waals surface area contributed by atoms with Crippen LogP contribution in [0.5, 0.6) is 0 Å². The molecule has 4 amide bonds. The second-order valence-corrected chi connectivity index (χ2v) is 14.1. The van der Waals surface area contributed by atoms with E-state index in [2.05, 4.69) is 15.6 Å². The lowest BCUT2D eigenvalue weighted by Crippen LogP contribution is -2.56. The molecule has 6 rings (SSSR count). The van der Waals surface area contributed by atoms with Crippen molar-refractivity contribution >= 4 is 40.9 Å². The molecule has 2 aliphatic heterocycles. The molecule has 1 aromatic heterocycles. The smallest absolute Gasteiger partial charge is 0.410 e. The van der Waals surface area contributed by atoms with Gasteiger partial charge in [-0.3, -0.25) is 14.4 Å². The van der Waals surface area contributed by atoms with Gasteiger partial charge in [0.25, 0.3) is 5.89 Å². The van der Waals surface area contributed by atoms with Gasteiger partial charge in [-0.25, -0.2) is 19.0 Å². The van der Waals surface area contributed by atoms with Crippen molar-refractivity contribution in [3.8, 4) is 0 Å². The lowest BCUT2D eigenvalue weighted by atomic mass is 10.0. The third kappa shape index (κ3) is 10.5. The maximum atomic E-state index is 14.6. The number of hydrogen-bond donors (Lipinski definition) is 3. The normalized spacial score (nSPS) is 17.9. The van der Waals surface area contributed by atoms with Crippen LogP contribution >= 0.6 is 0 Å². The van der Waals surface area contributed by atoms with Crippen LogP contribution in [0.3, 0.4) is 0 Å². The molecule has 0 spiro atoms. The van der Waals surface area contributed by atoms with Gasteiger partial charge >= 0.3 is 12.2 Å². The standard InChI is InChI=1S/C41H47FN6O8/c42-29-18-16-27(17-19-29)23-33(46-40(52)54-26-28-11-3-1-4-12-28)39(51)48-25-30(55-41(53)47-21-9-2-10-22-47)24-34(48)37(50)44-32(14-7-8-20-43)36(49)38-45-31-13-5-6-15-35(31)56-38/h1,3-6,11-13,15-19,30,32-34H,2,7-10,14,20-26,43H2,(H,44,50)(H,46,52)/t30-,32+,33-,34+/m1/s1. The highest BCUT2D eigenvalue weighted by atomic mass is 19.1. The number of carbonyl (C=O) groups is 5. The molecule has 2 aliphatic rings. The van der Waals surface area contributed by atoms with E-state index in [1.54, 1.807) is 53.4 Å². The van der Waals surface area contributed by atoms with Gasteiger partial charge in [-0.05, 0) is 80.5 Å². The Morgan fingerprint density at radius 3 is 2.34 bits per heavy atom. The maximum Gasteiger partial charge on any atom is 0.410 e. The van der Waals surface area contributed by atoms with E-state index in [0.717, 1.165) is 24.8 Å². The number of rotatable bonds is 15. The highest BCUT2D eigenvalue weighted by Crippen LogP contribution is 2.25. The molecule has 2 saturated heterocycles. The molecular formula is C41H47FN6O8. The van der Waals surface area contributed by atoms with Gasteiger partial charge < -0.3 is 40.1 Å². The minimum absolute atomic E-state index is 0.0624. The van der Waals surface area contributed by atoms with Crippen LogP contribution in [0.15, 0.2) is 83.3 Å². The number of hydrogen-bond acceptors (Lipinski definition) is 10. The molecular weight excluding hydrogens is 723 g/mol. The fraction of sp³-hybridized carbons (Fsp3) is 0.415. The summed E-state index contributed by atoms with van der Waals surface area (Å²) in [7, 11) is 0. The minimum atomic E-state index is -1.27. The molecule has 2 fully saturated rings. The number of carbonyl (C=O) groups excluding carboxylic acids is 5. The molecule has 4 atom stereocenters. The fourth-order valence-corrected chi connectivity index (χ4v) is 6.99. The van der Waals surface area contributed by atoms with E-state index in [4.69, 9.17) is 19.6 Å². The van der Waals surface area contributed by atoms with Crippen molar-refractivity contribution in [1.82, 2.24) is 25.4 Å². The van der Waals surface area contributed by atoms with Crippen LogP contribution in [0.4, 0.5) is 14.0 Å². The van der Waals surface area contributed by atoms with E-state index in [1.807, 2.05) is 6.07 Å². The Kier molecular flexibility index (Phi) is 13.6. The summed E-state index contributed by atoms with van der Waals surface area (Å²) < 4.78 is 30.9. The first kappa shape index (κ1) is 39.9. The Morgan fingerprint density at radius 2 is 1.61 bits per heavy atom. The summed E-state index contributed by atoms with van der Waals surface area (Å²) in [5, 5.41) is 5.47. The summed E-state index contributed by atoms with van der Waals surface area (Å²) in [6, 6.07) is 17.8. The number of aromatic nitrogens is 1. The number of para-hydroxylation sites is 2. The lowest BCUT2D eigenvalue weighted by Gasteiger charge is -2.29. The predicted molar refractivity (Wildman–Crippen MR) is 203 cm³/mol. The summed E-state index contributed by atoms with van der Waals surface area (Å²) in [6.07, 6.45) is 1.57. The third-order valence-electron chi connectivity index (χ3n) is 9.97. The zero-order valence-corrected chi connectivity index (χ0v) is 31.1. The Balaban J connectivity index is 1.25. The second-order valence-electron chi connectivity index (χ2n) is 14.1. The first-order chi connectivity index (χ1) is 27.2. The predicted octanol–water partition coefficient (Wildman–Crippen LogP) is 4.89. The van der Waals surface area contributed by atoms with Gasteiger partial charge in [0.2, 0.25) is 17.6 Å². The van der Waals surface area contributed by atoms with Crippen molar-refractivity contribution in [2.24, 2.45) is 5.73 Å². The van der Waals surface area contributed by atoms with Crippen LogP contribution in [-0.2, 0) is 32.1 Å². The summed E-state index contributed by atoms with van der Waals surface area (Å²) >= 11 is 0. The number of piperidine rings is 1. The molecule has 14 nitrogen and oxygen atoms in total. The number of nitrogens with two attached hydrogens (primary N) is 1. The Morgan fingerprint density at radius 1 is 0.875 bits per heavy atom. The molecule has 56 heavy (non-hydrogen) atoms. The molecule has 0 unspecified atom stereocenters. The van der Waals surface area contributed by atoms with Crippen LogP contribution in [0.2, 0.25) is 0 Å². The van der Waals surface area contributed by atoms with Gasteiger partial charge in [0.05, 0.1) is 12.6 Å². The van der Waals surface area contributed by atoms with E-state index in [-0.39, 0.29) is 38.3 Å². The van der Waals surface area contributed by atoms with Gasteiger partial charge in [0.15, 0.2) is 5.58 Å². The number of halogens is 1. The van der Waals surface area contributed by atoms with Crippen LogP contribution < -0.4 is 16.4 Å². The summed E-state index contributed by atoms with van der Waals surface area (Å²) in [5.41, 5.74) is 7.89. The minimum Gasteiger partial charge on any atom is -0.445 e. The molecule has 296 valence electrons. The average Bonchev–Trinajstić information content (AvgIpc) is 3.85. The van der Waals surface area contributed by atoms with Gasteiger partial charge in [-0.1, -0.05) is 54.6 Å². The number of alkyl carbamates (subject to hydrolysis) is 1. The zero-order valence-electron chi connectivity index (χ0n) is 31.1. The number of nitrogens with zero attached hydrogens (tertiary/aromatic N) is 3. The number of ketones is 1. The van der Waals surface area contributed by atoms with Crippen LogP contribution in [0.1, 0.15) is 66.8 Å². The highest BCUT2D eigenvalue weighted by molar-refractivity contribution is 6.01. The number of unbranched alkanes of at least 4 members (excludes halogenated alkanes) is 1. The molecule has 0 bridgehead atoms. The van der Waals surface area contributed by atoms with Gasteiger partial charge in [-0.15, -0.1) is 0 Å². The van der Waals surface area contributed by atoms with Crippen LogP contribution in [0, 0.1) is 5.82 Å². The van der Waals surface area contributed by atoms with Crippen LogP contribution in [0.25, 0.3) is 11.1 Å². The monoisotopic (exact) mass is 770 g/mol. The first-order valence-electron chi connectivity index (χ1n) is 19.1. The Labute approximate surface area is 323 Å². The summed E-state index contributed by atoms with van der Waals surface area (Å²) in [4.78, 5) is 76.3. The quantitative estimate of drug-likeness (QED) is 0.111. The van der Waals surface area contributed by atoms with Crippen molar-refractivity contribution in [2.75, 3.05) is 26.2 Å².